The molecule has 630 valence electrons. The van der Waals surface area contributed by atoms with Crippen LogP contribution in [-0.4, -0.2) is 201 Å². The van der Waals surface area contributed by atoms with E-state index in [1.165, 1.54) is 105 Å². The lowest BCUT2D eigenvalue weighted by atomic mass is 10.3. The zero-order valence-electron chi connectivity index (χ0n) is 62.8. The maximum Gasteiger partial charge on any atom is 0.323 e. The van der Waals surface area contributed by atoms with E-state index in [9.17, 15) is 87.5 Å². The largest absolute Gasteiger partial charge is 0.493 e. The Labute approximate surface area is 713 Å². The molecule has 0 radical (unpaired) electrons. The Bertz CT molecular complexity index is 6480. The van der Waals surface area contributed by atoms with Crippen LogP contribution in [0.3, 0.4) is 0 Å². The van der Waals surface area contributed by atoms with Crippen molar-refractivity contribution >= 4 is 236 Å². The van der Waals surface area contributed by atoms with Gasteiger partial charge in [-0.1, -0.05) is 89.0 Å². The number of β-amino-alcohol motifs (C(OH)–C–C–N with tert-alkyl or cyclic N) is 1. The van der Waals surface area contributed by atoms with E-state index in [0.717, 1.165) is 56.2 Å². The summed E-state index contributed by atoms with van der Waals surface area (Å²) in [5.74, 6) is -4.91. The molecule has 2 atom stereocenters. The molecule has 119 heavy (non-hydrogen) atoms. The number of para-hydroxylation sites is 3. The summed E-state index contributed by atoms with van der Waals surface area (Å²) < 4.78 is 142. The monoisotopic (exact) mass is 1860 g/mol. The van der Waals surface area contributed by atoms with Crippen LogP contribution in [0.1, 0.15) is 18.9 Å². The molecule has 0 saturated carbocycles. The Balaban J connectivity index is 0.000000188. The number of ether oxygens (including phenoxy) is 5. The Morgan fingerprint density at radius 1 is 0.664 bits per heavy atom. The average molecular weight is 1870 g/mol. The van der Waals surface area contributed by atoms with Gasteiger partial charge in [-0.15, -0.1) is 35.8 Å². The van der Waals surface area contributed by atoms with Gasteiger partial charge in [0.2, 0.25) is 23.8 Å². The van der Waals surface area contributed by atoms with Gasteiger partial charge in [-0.05, 0) is 98.2 Å². The second-order valence-corrected chi connectivity index (χ2v) is 37.7. The number of rotatable bonds is 24. The molecule has 5 aliphatic heterocycles. The number of carbonyl (C=O) groups excluding carboxylic acids is 4. The summed E-state index contributed by atoms with van der Waals surface area (Å²) in [4.78, 5) is 108. The summed E-state index contributed by atoms with van der Waals surface area (Å²) in [6.07, 6.45) is 13.2. The molecule has 3 aromatic heterocycles. The van der Waals surface area contributed by atoms with Crippen LogP contribution in [0.2, 0.25) is 5.02 Å². The highest BCUT2D eigenvalue weighted by Gasteiger charge is 2.40. The normalized spacial score (nSPS) is 18.0. The predicted molar refractivity (Wildman–Crippen MR) is 458 cm³/mol. The van der Waals surface area contributed by atoms with Crippen molar-refractivity contribution in [2.45, 2.75) is 33.5 Å². The molecule has 12 rings (SSSR count). The maximum absolute atomic E-state index is 13.3. The Hall–Kier alpha value is -10.3. The SMILES string of the molecule is CCn1c(=Cc2sc3cc(OC)c(OC)cc3[n+]2CC(=O)N=S(C)(=O)O)s/c(=C\C=C2\SC=C(C)N2CS(=O)(=O)O)c1=O.COC=NS(=O)(=O)CN1/C(=C\C=C2\C(=O)N(c3ccccc3)C(=S)N2CCO)Oc2ccc(Cl)cc21.CS(=O)(O)=NC(=O)CN1/C(=C/C=c2\s/c(=C3\SC(=S)N(CC(=O)O)C3=O)n(CC(=O)O)c2=O)Oc2ccccc21. The number of aromatic nitrogens is 3. The number of allylic oxidation sites excluding steroid dienone is 5. The lowest BCUT2D eigenvalue weighted by molar-refractivity contribution is -0.655. The summed E-state index contributed by atoms with van der Waals surface area (Å²) in [5.41, 5.74) is 1.85. The van der Waals surface area contributed by atoms with E-state index in [0.29, 0.717) is 82.1 Å². The van der Waals surface area contributed by atoms with Gasteiger partial charge in [0.05, 0.1) is 71.2 Å². The van der Waals surface area contributed by atoms with E-state index in [4.69, 9.17) is 60.1 Å². The summed E-state index contributed by atoms with van der Waals surface area (Å²) in [5, 5.41) is 31.4. The molecule has 49 heteroatoms. The van der Waals surface area contributed by atoms with Crippen LogP contribution in [-0.2, 0) is 93.3 Å². The van der Waals surface area contributed by atoms with Crippen LogP contribution in [0.5, 0.6) is 23.0 Å². The second-order valence-electron chi connectivity index (χ2n) is 24.7. The number of hydrogen-bond acceptors (Lipinski definition) is 30. The molecular formula is C70H68ClN12O25S11+. The summed E-state index contributed by atoms with van der Waals surface area (Å²) >= 11 is 22.1. The zero-order chi connectivity index (χ0) is 86.9. The van der Waals surface area contributed by atoms with Gasteiger partial charge in [0.25, 0.3) is 54.0 Å². The molecule has 0 aliphatic carbocycles. The summed E-state index contributed by atoms with van der Waals surface area (Å²) in [7, 11) is -11.4. The number of anilines is 3. The van der Waals surface area contributed by atoms with Gasteiger partial charge in [0.15, 0.2) is 60.4 Å². The lowest BCUT2D eigenvalue weighted by Crippen LogP contribution is -2.39. The van der Waals surface area contributed by atoms with Gasteiger partial charge in [-0.25, -0.2) is 16.8 Å². The van der Waals surface area contributed by atoms with E-state index in [-0.39, 0.29) is 66.3 Å². The fraction of sp³-hybridized carbons (Fsp3) is 0.229. The number of hydrogen-bond donors (Lipinski definition) is 6. The molecule has 6 N–H and O–H groups in total. The number of nitrogens with zero attached hydrogens (tertiary/aromatic N) is 12. The fourth-order valence-corrected chi connectivity index (χ4v) is 20.0. The summed E-state index contributed by atoms with van der Waals surface area (Å²) in [6, 6.07) is 23.7. The smallest absolute Gasteiger partial charge is 0.323 e. The number of thiocarbonyl (C=S) groups is 2. The zero-order valence-corrected chi connectivity index (χ0v) is 72.6. The van der Waals surface area contributed by atoms with Crippen LogP contribution < -0.4 is 67.7 Å². The van der Waals surface area contributed by atoms with Crippen LogP contribution in [0.4, 0.5) is 17.1 Å². The van der Waals surface area contributed by atoms with Crippen LogP contribution in [0.15, 0.2) is 166 Å². The molecule has 0 bridgehead atoms. The molecule has 8 heterocycles. The molecule has 0 spiro atoms. The minimum Gasteiger partial charge on any atom is -0.493 e. The molecular weight excluding hydrogens is 1800 g/mol. The number of thiazole rings is 3. The number of halogens is 1. The number of aliphatic carboxylic acids is 2. The minimum absolute atomic E-state index is 0.00490. The maximum atomic E-state index is 13.3. The quantitative estimate of drug-likeness (QED) is 0.0123. The van der Waals surface area contributed by atoms with Gasteiger partial charge in [0, 0.05) is 54.5 Å². The first-order chi connectivity index (χ1) is 56.1. The third kappa shape index (κ3) is 22.4. The number of methoxy groups -OCH3 is 3. The Morgan fingerprint density at radius 3 is 1.92 bits per heavy atom. The Kier molecular flexibility index (Phi) is 29.4. The van der Waals surface area contributed by atoms with Crippen molar-refractivity contribution in [2.75, 3.05) is 86.5 Å². The molecule has 2 unspecified atom stereocenters. The molecule has 2 fully saturated rings. The predicted octanol–water partition coefficient (Wildman–Crippen LogP) is 4.27. The van der Waals surface area contributed by atoms with Crippen LogP contribution >= 0.6 is 93.6 Å². The number of sulfonamides is 1. The summed E-state index contributed by atoms with van der Waals surface area (Å²) in [6.45, 7) is 1.44. The van der Waals surface area contributed by atoms with Gasteiger partial charge in [-0.2, -0.15) is 13.0 Å². The lowest BCUT2D eigenvalue weighted by Gasteiger charge is -2.19. The number of aliphatic hydroxyl groups excluding tert-OH is 1. The van der Waals surface area contributed by atoms with Crippen LogP contribution in [0, 0.1) is 0 Å². The third-order valence-electron chi connectivity index (χ3n) is 16.3. The first-order valence-corrected chi connectivity index (χ1v) is 46.1. The number of amides is 4. The number of aliphatic hydroxyl groups is 1. The van der Waals surface area contributed by atoms with Gasteiger partial charge in [-0.3, -0.25) is 71.6 Å². The number of thioether (sulfide) groups is 2. The molecule has 7 aromatic rings. The minimum atomic E-state index is -4.28. The average Bonchev–Trinajstić information content (AvgIpc) is 1.63. The molecule has 37 nitrogen and oxygen atoms in total. The first kappa shape index (κ1) is 91.0. The number of fused-ring (bicyclic) bond motifs is 3. The van der Waals surface area contributed by atoms with Gasteiger partial charge >= 0.3 is 17.8 Å². The van der Waals surface area contributed by atoms with Gasteiger partial charge < -0.3 is 57.9 Å². The molecule has 2 saturated heterocycles. The standard InChI is InChI=1S/C25H28N4O9S5.C23H21ClN4O6S2.C22H18N4O10S4/c1-6-27-23(40-19(25(27)31)7-8-22-29(14-43(34,35)36)15(2)13-39-22)11-24-28(12-21(30)26-42(5,32)33)16-9-17(37-3)18(38-4)10-20(16)41-24;1-33-14-25-36(31,32)15-27-19-13-16(24)7-9-20(19)34-21(27)10-8-18-22(30)28(17-5-3-2-4-6-17)23(35)26(18)11-12-29;1-40(34,35)23-14(27)8-24-11-4-2-3-5-12(11)36-15(24)7-6-13-19(32)25(9-16(28)29)21(38-13)18-20(33)26(10-17(30)31)22(37)39-18/h7-11,13H,6,12,14H2,1-5H3,(H-,26,30,32,33,34,35,36);2-10,13-14,29H,11-12,15H2,1H3;2-7H,8-10H2,1H3,(H,28,29)(H,30,31)(H,23,27,34,35)/p+1/b19-7-,22-8+;18-8-,21-10+,25-14?;13-6-,15-7-,21-18-. The van der Waals surface area contributed by atoms with E-state index in [2.05, 4.69) is 17.9 Å². The molecule has 4 aromatic carbocycles. The number of benzene rings is 4. The van der Waals surface area contributed by atoms with Crippen molar-refractivity contribution in [3.63, 3.8) is 0 Å². The highest BCUT2D eigenvalue weighted by Crippen LogP contribution is 2.43. The van der Waals surface area contributed by atoms with Crippen molar-refractivity contribution < 1.29 is 111 Å². The highest BCUT2D eigenvalue weighted by atomic mass is 35.5. The highest BCUT2D eigenvalue weighted by molar-refractivity contribution is 8.30. The topological polar surface area (TPSA) is 477 Å². The molecule has 5 aliphatic rings. The van der Waals surface area contributed by atoms with Crippen molar-refractivity contribution in [2.24, 2.45) is 13.1 Å². The van der Waals surface area contributed by atoms with Crippen molar-refractivity contribution in [3.8, 4) is 23.0 Å². The van der Waals surface area contributed by atoms with Crippen molar-refractivity contribution in [3.05, 3.63) is 192 Å². The third-order valence-corrected chi connectivity index (χ3v) is 25.5. The number of carbonyl (C=O) groups is 6. The van der Waals surface area contributed by atoms with Crippen molar-refractivity contribution in [1.82, 2.24) is 23.8 Å². The first-order valence-electron chi connectivity index (χ1n) is 33.8. The van der Waals surface area contributed by atoms with E-state index >= 15 is 0 Å². The van der Waals surface area contributed by atoms with E-state index < -0.39 is 113 Å². The van der Waals surface area contributed by atoms with E-state index in [1.807, 2.05) is 13.0 Å². The number of carboxylic acids is 2. The van der Waals surface area contributed by atoms with Crippen LogP contribution in [0.25, 0.3) is 33.3 Å². The fourth-order valence-electron chi connectivity index (χ4n) is 11.4. The molecule has 4 amide bonds. The van der Waals surface area contributed by atoms with Crippen molar-refractivity contribution in [1.29, 1.82) is 0 Å². The van der Waals surface area contributed by atoms with E-state index in [1.54, 1.807) is 119 Å². The second kappa shape index (κ2) is 38.4. The number of carboxylic acid groups (broad SMARTS) is 2. The van der Waals surface area contributed by atoms with Gasteiger partial charge in [0.1, 0.15) is 54.5 Å². The Morgan fingerprint density at radius 2 is 1.28 bits per heavy atom.